The van der Waals surface area contributed by atoms with Crippen LogP contribution < -0.4 is 0 Å². The summed E-state index contributed by atoms with van der Waals surface area (Å²) in [5.41, 5.74) is 0. The minimum atomic E-state index is -0.526. The van der Waals surface area contributed by atoms with Crippen molar-refractivity contribution < 1.29 is 19.4 Å². The first-order valence-electron chi connectivity index (χ1n) is 26.1. The first kappa shape index (κ1) is 55.4. The molecule has 336 valence electrons. The number of aliphatic hydroxyl groups is 1. The molecule has 0 aromatic heterocycles. The van der Waals surface area contributed by atoms with Crippen LogP contribution in [0.15, 0.2) is 0 Å². The highest BCUT2D eigenvalue weighted by Crippen LogP contribution is 2.17. The van der Waals surface area contributed by atoms with Crippen LogP contribution in [0.25, 0.3) is 0 Å². The van der Waals surface area contributed by atoms with Crippen molar-refractivity contribution in [2.45, 2.75) is 309 Å². The summed E-state index contributed by atoms with van der Waals surface area (Å²) in [6.45, 7) is 5.42. The van der Waals surface area contributed by atoms with E-state index in [4.69, 9.17) is 9.47 Å². The summed E-state index contributed by atoms with van der Waals surface area (Å²) in [6, 6.07) is 0. The van der Waals surface area contributed by atoms with E-state index in [9.17, 15) is 9.90 Å². The Morgan fingerprint density at radius 1 is 0.357 bits per heavy atom. The van der Waals surface area contributed by atoms with E-state index in [-0.39, 0.29) is 12.6 Å². The summed E-state index contributed by atoms with van der Waals surface area (Å²) in [7, 11) is 0. The molecule has 1 atom stereocenters. The fourth-order valence-corrected chi connectivity index (χ4v) is 8.27. The second kappa shape index (κ2) is 50.5. The molecular formula is C52H104O4. The van der Waals surface area contributed by atoms with E-state index in [1.54, 1.807) is 0 Å². The first-order chi connectivity index (χ1) is 27.7. The van der Waals surface area contributed by atoms with Gasteiger partial charge in [0, 0.05) is 13.0 Å². The van der Waals surface area contributed by atoms with E-state index in [1.165, 1.54) is 263 Å². The van der Waals surface area contributed by atoms with Crippen LogP contribution in [-0.4, -0.2) is 37.0 Å². The minimum absolute atomic E-state index is 0.162. The van der Waals surface area contributed by atoms with Gasteiger partial charge < -0.3 is 14.6 Å². The van der Waals surface area contributed by atoms with E-state index < -0.39 is 6.10 Å². The molecule has 0 aliphatic carbocycles. The maximum atomic E-state index is 12.3. The fraction of sp³-hybridized carbons (Fsp3) is 0.981. The van der Waals surface area contributed by atoms with Crippen LogP contribution in [-0.2, 0) is 14.3 Å². The summed E-state index contributed by atoms with van der Waals surface area (Å²) < 4.78 is 11.2. The molecule has 1 unspecified atom stereocenters. The molecule has 4 heteroatoms. The maximum absolute atomic E-state index is 12.3. The van der Waals surface area contributed by atoms with Gasteiger partial charge in [0.05, 0.1) is 13.2 Å². The van der Waals surface area contributed by atoms with E-state index in [2.05, 4.69) is 13.8 Å². The normalized spacial score (nSPS) is 12.1. The van der Waals surface area contributed by atoms with Crippen LogP contribution in [0.3, 0.4) is 0 Å². The number of carbonyl (C=O) groups is 1. The van der Waals surface area contributed by atoms with Crippen LogP contribution in [0.4, 0.5) is 0 Å². The van der Waals surface area contributed by atoms with Crippen molar-refractivity contribution >= 4 is 5.97 Å². The number of rotatable bonds is 50. The average Bonchev–Trinajstić information content (AvgIpc) is 3.20. The zero-order chi connectivity index (χ0) is 40.5. The summed E-state index contributed by atoms with van der Waals surface area (Å²) in [5.74, 6) is -0.190. The minimum Gasteiger partial charge on any atom is -0.457 e. The lowest BCUT2D eigenvalue weighted by molar-refractivity contribution is -0.154. The third-order valence-corrected chi connectivity index (χ3v) is 12.2. The number of aliphatic hydroxyl groups excluding tert-OH is 1. The Bertz CT molecular complexity index is 711. The first-order valence-corrected chi connectivity index (χ1v) is 26.1. The van der Waals surface area contributed by atoms with Crippen LogP contribution >= 0.6 is 0 Å². The van der Waals surface area contributed by atoms with Crippen molar-refractivity contribution in [3.8, 4) is 0 Å². The Kier molecular flexibility index (Phi) is 50.0. The van der Waals surface area contributed by atoms with Gasteiger partial charge in [0.15, 0.2) is 0 Å². The zero-order valence-corrected chi connectivity index (χ0v) is 38.7. The average molecular weight is 793 g/mol. The Balaban J connectivity index is 3.32. The van der Waals surface area contributed by atoms with Crippen molar-refractivity contribution in [3.63, 3.8) is 0 Å². The largest absolute Gasteiger partial charge is 0.457 e. The van der Waals surface area contributed by atoms with Gasteiger partial charge in [-0.3, -0.25) is 4.79 Å². The molecule has 0 saturated carbocycles. The number of ether oxygens (including phenoxy) is 2. The topological polar surface area (TPSA) is 55.8 Å². The van der Waals surface area contributed by atoms with Gasteiger partial charge in [-0.1, -0.05) is 284 Å². The standard InChI is InChI=1S/C52H104O4/c1-3-5-7-9-11-13-15-17-19-21-23-25-27-29-31-33-35-37-39-41-43-45-47-52(54)56-51(49-53)50-55-48-46-44-42-40-38-36-34-32-30-28-26-24-22-20-18-16-14-12-10-8-6-4-2/h51,53H,3-50H2,1-2H3. The second-order valence-electron chi connectivity index (χ2n) is 18.0. The number of unbranched alkanes of at least 4 members (excludes halogenated alkanes) is 42. The van der Waals surface area contributed by atoms with E-state index in [0.29, 0.717) is 19.6 Å². The van der Waals surface area contributed by atoms with E-state index in [0.717, 1.165) is 19.3 Å². The lowest BCUT2D eigenvalue weighted by Crippen LogP contribution is -2.27. The molecule has 0 amide bonds. The molecule has 0 aliphatic rings. The molecular weight excluding hydrogens is 689 g/mol. The van der Waals surface area contributed by atoms with Gasteiger partial charge in [-0.25, -0.2) is 0 Å². The van der Waals surface area contributed by atoms with Gasteiger partial charge in [0.25, 0.3) is 0 Å². The van der Waals surface area contributed by atoms with Crippen LogP contribution in [0.2, 0.25) is 0 Å². The van der Waals surface area contributed by atoms with Crippen molar-refractivity contribution in [3.05, 3.63) is 0 Å². The zero-order valence-electron chi connectivity index (χ0n) is 38.7. The Labute approximate surface area is 353 Å². The molecule has 0 rings (SSSR count). The molecule has 0 aromatic carbocycles. The maximum Gasteiger partial charge on any atom is 0.306 e. The molecule has 1 N–H and O–H groups in total. The van der Waals surface area contributed by atoms with Crippen molar-refractivity contribution in [2.24, 2.45) is 0 Å². The highest BCUT2D eigenvalue weighted by Gasteiger charge is 2.13. The Morgan fingerprint density at radius 3 is 0.839 bits per heavy atom. The molecule has 56 heavy (non-hydrogen) atoms. The molecule has 0 spiro atoms. The summed E-state index contributed by atoms with van der Waals surface area (Å²) in [5, 5.41) is 9.65. The summed E-state index contributed by atoms with van der Waals surface area (Å²) in [6.07, 6.45) is 60.6. The van der Waals surface area contributed by atoms with Crippen molar-refractivity contribution in [2.75, 3.05) is 19.8 Å². The number of hydrogen-bond donors (Lipinski definition) is 1. The highest BCUT2D eigenvalue weighted by molar-refractivity contribution is 5.69. The lowest BCUT2D eigenvalue weighted by Gasteiger charge is -2.16. The van der Waals surface area contributed by atoms with Gasteiger partial charge in [-0.05, 0) is 12.8 Å². The number of carbonyl (C=O) groups excluding carboxylic acids is 1. The number of esters is 1. The molecule has 4 nitrogen and oxygen atoms in total. The predicted octanol–water partition coefficient (Wildman–Crippen LogP) is 17.5. The molecule has 0 heterocycles. The van der Waals surface area contributed by atoms with E-state index in [1.807, 2.05) is 0 Å². The Hall–Kier alpha value is -0.610. The third-order valence-electron chi connectivity index (χ3n) is 12.2. The van der Waals surface area contributed by atoms with Gasteiger partial charge in [-0.2, -0.15) is 0 Å². The summed E-state index contributed by atoms with van der Waals surface area (Å²) in [4.78, 5) is 12.3. The second-order valence-corrected chi connectivity index (χ2v) is 18.0. The summed E-state index contributed by atoms with van der Waals surface area (Å²) >= 11 is 0. The Morgan fingerprint density at radius 2 is 0.589 bits per heavy atom. The molecule has 0 aliphatic heterocycles. The number of hydrogen-bond acceptors (Lipinski definition) is 4. The lowest BCUT2D eigenvalue weighted by atomic mass is 10.0. The van der Waals surface area contributed by atoms with E-state index >= 15 is 0 Å². The monoisotopic (exact) mass is 793 g/mol. The van der Waals surface area contributed by atoms with Gasteiger partial charge in [0.1, 0.15) is 6.10 Å². The molecule has 0 aromatic rings. The van der Waals surface area contributed by atoms with Crippen molar-refractivity contribution in [1.82, 2.24) is 0 Å². The SMILES string of the molecule is CCCCCCCCCCCCCCCCCCCCCCCCOCC(CO)OC(=O)CCCCCCCCCCCCCCCCCCCCCCCC. The highest BCUT2D eigenvalue weighted by atomic mass is 16.6. The van der Waals surface area contributed by atoms with Crippen LogP contribution in [0, 0.1) is 0 Å². The molecule has 0 fully saturated rings. The molecule has 0 saturated heterocycles. The predicted molar refractivity (Wildman–Crippen MR) is 247 cm³/mol. The third kappa shape index (κ3) is 47.8. The van der Waals surface area contributed by atoms with Crippen LogP contribution in [0.1, 0.15) is 303 Å². The fourth-order valence-electron chi connectivity index (χ4n) is 8.27. The molecule has 0 bridgehead atoms. The van der Waals surface area contributed by atoms with Gasteiger partial charge >= 0.3 is 5.97 Å². The van der Waals surface area contributed by atoms with Crippen LogP contribution in [0.5, 0.6) is 0 Å². The van der Waals surface area contributed by atoms with Gasteiger partial charge in [0.2, 0.25) is 0 Å². The quantitative estimate of drug-likeness (QED) is 0.0492. The van der Waals surface area contributed by atoms with Gasteiger partial charge in [-0.15, -0.1) is 0 Å². The van der Waals surface area contributed by atoms with Crippen molar-refractivity contribution in [1.29, 1.82) is 0 Å². The molecule has 0 radical (unpaired) electrons. The smallest absolute Gasteiger partial charge is 0.306 e.